The molecule has 4 bridgehead atoms. The summed E-state index contributed by atoms with van der Waals surface area (Å²) in [6.45, 7) is 3.31. The predicted molar refractivity (Wildman–Crippen MR) is 115 cm³/mol. The van der Waals surface area contributed by atoms with Gasteiger partial charge in [-0.1, -0.05) is 6.07 Å². The number of piperazine rings is 1. The number of hydrogen-bond acceptors (Lipinski definition) is 7. The van der Waals surface area contributed by atoms with E-state index in [2.05, 4.69) is 20.1 Å². The number of pyridine rings is 1. The van der Waals surface area contributed by atoms with Crippen molar-refractivity contribution in [3.05, 3.63) is 23.9 Å². The molecule has 2 heterocycles. The monoisotopic (exact) mass is 428 g/mol. The lowest BCUT2D eigenvalue weighted by Gasteiger charge is -2.58. The molecule has 1 aliphatic heterocycles. The number of hydrogen-bond donors (Lipinski definition) is 2. The maximum Gasteiger partial charge on any atom is 0.319 e. The van der Waals surface area contributed by atoms with Crippen LogP contribution < -0.4 is 10.2 Å². The minimum atomic E-state index is -0.494. The van der Waals surface area contributed by atoms with Crippen molar-refractivity contribution in [3.8, 4) is 0 Å². The number of carbonyl (C=O) groups is 2. The van der Waals surface area contributed by atoms with Crippen LogP contribution in [0.15, 0.2) is 18.2 Å². The zero-order valence-corrected chi connectivity index (χ0v) is 18.1. The number of nitrogens with zero attached hydrogens (tertiary/aromatic N) is 3. The van der Waals surface area contributed by atoms with E-state index in [4.69, 9.17) is 4.74 Å². The number of esters is 1. The average molecular weight is 429 g/mol. The molecule has 1 saturated heterocycles. The molecule has 2 atom stereocenters. The number of rotatable bonds is 5. The first-order chi connectivity index (χ1) is 14.9. The first-order valence-corrected chi connectivity index (χ1v) is 11.5. The molecule has 5 fully saturated rings. The summed E-state index contributed by atoms with van der Waals surface area (Å²) >= 11 is 0. The van der Waals surface area contributed by atoms with Gasteiger partial charge in [0.2, 0.25) is 0 Å². The second-order valence-electron chi connectivity index (χ2n) is 9.91. The molecule has 1 aromatic rings. The lowest BCUT2D eigenvalue weighted by molar-refractivity contribution is -0.142. The van der Waals surface area contributed by atoms with E-state index in [9.17, 15) is 14.7 Å². The molecule has 31 heavy (non-hydrogen) atoms. The molecule has 2 N–H and O–H groups in total. The highest BCUT2D eigenvalue weighted by Gasteiger charge is 2.55. The molecule has 5 aliphatic rings. The van der Waals surface area contributed by atoms with Crippen LogP contribution in [-0.4, -0.2) is 78.3 Å². The van der Waals surface area contributed by atoms with Crippen LogP contribution in [0.5, 0.6) is 0 Å². The summed E-state index contributed by atoms with van der Waals surface area (Å²) < 4.78 is 4.75. The van der Waals surface area contributed by atoms with Crippen molar-refractivity contribution >= 4 is 17.7 Å². The van der Waals surface area contributed by atoms with E-state index >= 15 is 0 Å². The molecule has 2 unspecified atom stereocenters. The van der Waals surface area contributed by atoms with Crippen molar-refractivity contribution in [2.24, 2.45) is 17.8 Å². The molecular weight excluding hydrogens is 396 g/mol. The molecule has 6 rings (SSSR count). The number of amides is 1. The highest BCUT2D eigenvalue weighted by atomic mass is 16.5. The second kappa shape index (κ2) is 8.06. The molecule has 1 amide bonds. The van der Waals surface area contributed by atoms with Crippen LogP contribution in [0.4, 0.5) is 5.82 Å². The summed E-state index contributed by atoms with van der Waals surface area (Å²) in [5, 5.41) is 14.0. The number of anilines is 1. The number of carbonyl (C=O) groups excluding carboxylic acids is 2. The summed E-state index contributed by atoms with van der Waals surface area (Å²) in [5.74, 6) is 1.84. The van der Waals surface area contributed by atoms with Crippen molar-refractivity contribution in [3.63, 3.8) is 0 Å². The Morgan fingerprint density at radius 3 is 2.52 bits per heavy atom. The summed E-state index contributed by atoms with van der Waals surface area (Å²) in [6.07, 6.45) is 4.81. The molecule has 8 heteroatoms. The maximum atomic E-state index is 13.0. The summed E-state index contributed by atoms with van der Waals surface area (Å²) in [5.41, 5.74) is -0.0478. The van der Waals surface area contributed by atoms with E-state index in [1.54, 1.807) is 6.07 Å². The van der Waals surface area contributed by atoms with Crippen LogP contribution in [0.2, 0.25) is 0 Å². The van der Waals surface area contributed by atoms with Crippen LogP contribution in [0.1, 0.15) is 42.6 Å². The van der Waals surface area contributed by atoms with Crippen LogP contribution in [0, 0.1) is 17.8 Å². The first kappa shape index (κ1) is 20.7. The number of aliphatic hydroxyl groups is 1. The topological polar surface area (TPSA) is 95.0 Å². The van der Waals surface area contributed by atoms with Crippen LogP contribution >= 0.6 is 0 Å². The van der Waals surface area contributed by atoms with Crippen LogP contribution in [-0.2, 0) is 9.53 Å². The van der Waals surface area contributed by atoms with Gasteiger partial charge in [-0.25, -0.2) is 4.98 Å². The highest BCUT2D eigenvalue weighted by molar-refractivity contribution is 5.93. The minimum Gasteiger partial charge on any atom is -0.468 e. The van der Waals surface area contributed by atoms with Crippen LogP contribution in [0.25, 0.3) is 0 Å². The fourth-order valence-electron chi connectivity index (χ4n) is 6.55. The van der Waals surface area contributed by atoms with E-state index in [-0.39, 0.29) is 17.9 Å². The molecule has 1 aromatic heterocycles. The minimum absolute atomic E-state index is 0.115. The van der Waals surface area contributed by atoms with Gasteiger partial charge in [0, 0.05) is 32.2 Å². The van der Waals surface area contributed by atoms with E-state index in [0.717, 1.165) is 64.1 Å². The largest absolute Gasteiger partial charge is 0.468 e. The highest BCUT2D eigenvalue weighted by Crippen LogP contribution is 2.55. The average Bonchev–Trinajstić information content (AvgIpc) is 2.75. The number of methoxy groups -OCH3 is 1. The van der Waals surface area contributed by atoms with Gasteiger partial charge in [0.1, 0.15) is 11.5 Å². The third-order valence-corrected chi connectivity index (χ3v) is 7.78. The summed E-state index contributed by atoms with van der Waals surface area (Å²) in [6, 6.07) is 5.75. The molecule has 0 spiro atoms. The van der Waals surface area contributed by atoms with Crippen LogP contribution in [0.3, 0.4) is 0 Å². The van der Waals surface area contributed by atoms with E-state index in [1.807, 2.05) is 12.1 Å². The second-order valence-corrected chi connectivity index (χ2v) is 9.91. The zero-order chi connectivity index (χ0) is 21.6. The van der Waals surface area contributed by atoms with E-state index in [1.165, 1.54) is 7.11 Å². The lowest BCUT2D eigenvalue weighted by atomic mass is 9.52. The molecule has 4 aliphatic carbocycles. The maximum absolute atomic E-state index is 13.0. The van der Waals surface area contributed by atoms with Gasteiger partial charge in [0.15, 0.2) is 0 Å². The quantitative estimate of drug-likeness (QED) is 0.677. The normalized spacial score (nSPS) is 34.6. The van der Waals surface area contributed by atoms with Gasteiger partial charge in [-0.15, -0.1) is 0 Å². The predicted octanol–water partition coefficient (Wildman–Crippen LogP) is 1.05. The fraction of sp³-hybridized carbons (Fsp3) is 0.696. The van der Waals surface area contributed by atoms with Gasteiger partial charge < -0.3 is 20.1 Å². The van der Waals surface area contributed by atoms with Gasteiger partial charge in [0.05, 0.1) is 19.3 Å². The van der Waals surface area contributed by atoms with Gasteiger partial charge in [0.25, 0.3) is 5.91 Å². The molecule has 4 saturated carbocycles. The van der Waals surface area contributed by atoms with Gasteiger partial charge in [-0.05, 0) is 62.0 Å². The fourth-order valence-corrected chi connectivity index (χ4v) is 6.55. The Morgan fingerprint density at radius 2 is 1.87 bits per heavy atom. The smallest absolute Gasteiger partial charge is 0.319 e. The van der Waals surface area contributed by atoms with Crippen molar-refractivity contribution in [1.29, 1.82) is 0 Å². The standard InChI is InChI=1S/C23H32N4O4/c1-31-20(28)14-26-5-7-27(8-6-26)19-4-2-3-18(24-19)22(29)25-21-16-9-15-10-17(21)13-23(30,11-15)12-16/h2-4,15-17,21,30H,5-14H2,1H3,(H,25,29). The SMILES string of the molecule is COC(=O)CN1CCN(c2cccc(C(=O)NC3C4CC5CC3CC(O)(C5)C4)n2)CC1. The zero-order valence-electron chi connectivity index (χ0n) is 18.1. The first-order valence-electron chi connectivity index (χ1n) is 11.5. The molecular formula is C23H32N4O4. The third kappa shape index (κ3) is 4.15. The van der Waals surface area contributed by atoms with E-state index in [0.29, 0.717) is 30.0 Å². The third-order valence-electron chi connectivity index (χ3n) is 7.78. The Kier molecular flexibility index (Phi) is 5.38. The van der Waals surface area contributed by atoms with E-state index < -0.39 is 5.60 Å². The number of nitrogens with one attached hydrogen (secondary N) is 1. The van der Waals surface area contributed by atoms with Crippen molar-refractivity contribution < 1.29 is 19.4 Å². The molecule has 0 aromatic carbocycles. The Bertz CT molecular complexity index is 838. The van der Waals surface area contributed by atoms with Gasteiger partial charge >= 0.3 is 5.97 Å². The summed E-state index contributed by atoms with van der Waals surface area (Å²) in [4.78, 5) is 33.4. The van der Waals surface area contributed by atoms with Gasteiger partial charge in [-0.3, -0.25) is 14.5 Å². The Hall–Kier alpha value is -2.19. The molecule has 168 valence electrons. The van der Waals surface area contributed by atoms with Crippen molar-refractivity contribution in [1.82, 2.24) is 15.2 Å². The van der Waals surface area contributed by atoms with Gasteiger partial charge in [-0.2, -0.15) is 0 Å². The summed E-state index contributed by atoms with van der Waals surface area (Å²) in [7, 11) is 1.41. The Balaban J connectivity index is 1.21. The van der Waals surface area contributed by atoms with Crippen molar-refractivity contribution in [2.45, 2.75) is 43.7 Å². The number of ether oxygens (including phenoxy) is 1. The molecule has 8 nitrogen and oxygen atoms in total. The Morgan fingerprint density at radius 1 is 1.16 bits per heavy atom. The number of aromatic nitrogens is 1. The molecule has 0 radical (unpaired) electrons. The Labute approximate surface area is 182 Å². The van der Waals surface area contributed by atoms with Crippen molar-refractivity contribution in [2.75, 3.05) is 44.7 Å². The lowest BCUT2D eigenvalue weighted by Crippen LogP contribution is -2.61.